The molecule has 0 spiro atoms. The zero-order chi connectivity index (χ0) is 14.6. The summed E-state index contributed by atoms with van der Waals surface area (Å²) in [5.41, 5.74) is 0.217. The van der Waals surface area contributed by atoms with Gasteiger partial charge in [-0.1, -0.05) is 25.0 Å². The Morgan fingerprint density at radius 3 is 2.70 bits per heavy atom. The van der Waals surface area contributed by atoms with E-state index in [0.29, 0.717) is 5.75 Å². The third-order valence-corrected chi connectivity index (χ3v) is 4.29. The molecule has 0 aliphatic heterocycles. The lowest BCUT2D eigenvalue weighted by atomic mass is 9.71. The Kier molecular flexibility index (Phi) is 4.37. The topological polar surface area (TPSA) is 69.4 Å². The Labute approximate surface area is 118 Å². The number of ether oxygens (including phenoxy) is 1. The molecule has 20 heavy (non-hydrogen) atoms. The molecular weight excluding hydrogens is 258 g/mol. The lowest BCUT2D eigenvalue weighted by Crippen LogP contribution is -2.32. The molecular formula is C15H19NO4. The lowest BCUT2D eigenvalue weighted by molar-refractivity contribution is -0.485. The first-order valence-corrected chi connectivity index (χ1v) is 6.83. The van der Waals surface area contributed by atoms with E-state index in [1.165, 1.54) is 0 Å². The number of rotatable bonds is 6. The molecule has 2 rings (SSSR count). The summed E-state index contributed by atoms with van der Waals surface area (Å²) in [4.78, 5) is 22.3. The van der Waals surface area contributed by atoms with Crippen LogP contribution in [-0.2, 0) is 4.79 Å². The van der Waals surface area contributed by atoms with Gasteiger partial charge >= 0.3 is 0 Å². The van der Waals surface area contributed by atoms with Crippen molar-refractivity contribution in [1.82, 2.24) is 0 Å². The van der Waals surface area contributed by atoms with Gasteiger partial charge in [0, 0.05) is 10.3 Å². The van der Waals surface area contributed by atoms with Crippen LogP contribution in [-0.4, -0.2) is 24.9 Å². The van der Waals surface area contributed by atoms with Crippen LogP contribution in [0.15, 0.2) is 24.3 Å². The Balaban J connectivity index is 2.40. The maximum absolute atomic E-state index is 11.6. The van der Waals surface area contributed by atoms with Gasteiger partial charge in [-0.2, -0.15) is 0 Å². The van der Waals surface area contributed by atoms with Gasteiger partial charge in [0.1, 0.15) is 12.0 Å². The maximum Gasteiger partial charge on any atom is 0.211 e. The highest BCUT2D eigenvalue weighted by Crippen LogP contribution is 2.47. The minimum atomic E-state index is -0.598. The molecule has 0 radical (unpaired) electrons. The molecule has 1 aliphatic carbocycles. The van der Waals surface area contributed by atoms with Crippen molar-refractivity contribution in [2.45, 2.75) is 31.6 Å². The Bertz CT molecular complexity index is 494. The van der Waals surface area contributed by atoms with Crippen LogP contribution in [0.2, 0.25) is 0 Å². The number of carbonyl (C=O) groups excluding carboxylic acids is 1. The van der Waals surface area contributed by atoms with Crippen LogP contribution in [0.4, 0.5) is 0 Å². The molecule has 0 unspecified atom stereocenters. The van der Waals surface area contributed by atoms with Crippen LogP contribution < -0.4 is 4.74 Å². The first-order chi connectivity index (χ1) is 9.61. The zero-order valence-electron chi connectivity index (χ0n) is 11.6. The van der Waals surface area contributed by atoms with Gasteiger partial charge in [-0.3, -0.25) is 10.1 Å². The highest BCUT2D eigenvalue weighted by molar-refractivity contribution is 5.62. The zero-order valence-corrected chi connectivity index (χ0v) is 11.6. The van der Waals surface area contributed by atoms with E-state index < -0.39 is 5.41 Å². The summed E-state index contributed by atoms with van der Waals surface area (Å²) in [5.74, 6) is 0.280. The molecule has 5 heteroatoms. The second-order valence-electron chi connectivity index (χ2n) is 5.40. The molecule has 0 amide bonds. The average Bonchev–Trinajstić information content (AvgIpc) is 2.94. The van der Waals surface area contributed by atoms with Gasteiger partial charge in [0.25, 0.3) is 0 Å². The Morgan fingerprint density at radius 2 is 2.15 bits per heavy atom. The Hall–Kier alpha value is -1.91. The SMILES string of the molecule is COc1cccc([C@H](C[N+](=O)[O-])C2(C=O)CCCC2)c1. The van der Waals surface area contributed by atoms with Gasteiger partial charge in [0.2, 0.25) is 6.54 Å². The van der Waals surface area contributed by atoms with Gasteiger partial charge in [0.15, 0.2) is 0 Å². The third kappa shape index (κ3) is 2.81. The van der Waals surface area contributed by atoms with Gasteiger partial charge in [0.05, 0.1) is 13.0 Å². The number of aldehydes is 1. The van der Waals surface area contributed by atoms with Gasteiger partial charge in [-0.15, -0.1) is 0 Å². The second kappa shape index (κ2) is 6.03. The minimum Gasteiger partial charge on any atom is -0.497 e. The van der Waals surface area contributed by atoms with Crippen molar-refractivity contribution in [3.63, 3.8) is 0 Å². The molecule has 0 saturated heterocycles. The summed E-state index contributed by atoms with van der Waals surface area (Å²) in [5, 5.41) is 11.0. The average molecular weight is 277 g/mol. The summed E-state index contributed by atoms with van der Waals surface area (Å²) < 4.78 is 5.18. The van der Waals surface area contributed by atoms with Crippen LogP contribution in [0.5, 0.6) is 5.75 Å². The van der Waals surface area contributed by atoms with E-state index >= 15 is 0 Å². The number of hydrogen-bond donors (Lipinski definition) is 0. The van der Waals surface area contributed by atoms with Crippen LogP contribution in [0.3, 0.4) is 0 Å². The number of hydrogen-bond acceptors (Lipinski definition) is 4. The third-order valence-electron chi connectivity index (χ3n) is 4.29. The largest absolute Gasteiger partial charge is 0.497 e. The van der Waals surface area contributed by atoms with Gasteiger partial charge in [-0.05, 0) is 30.5 Å². The Morgan fingerprint density at radius 1 is 1.45 bits per heavy atom. The van der Waals surface area contributed by atoms with Crippen molar-refractivity contribution in [1.29, 1.82) is 0 Å². The molecule has 1 fully saturated rings. The summed E-state index contributed by atoms with van der Waals surface area (Å²) in [6, 6.07) is 7.27. The van der Waals surface area contributed by atoms with E-state index in [4.69, 9.17) is 4.74 Å². The molecule has 0 heterocycles. The van der Waals surface area contributed by atoms with E-state index in [0.717, 1.165) is 37.5 Å². The molecule has 1 atom stereocenters. The minimum absolute atomic E-state index is 0.216. The molecule has 108 valence electrons. The highest BCUT2D eigenvalue weighted by atomic mass is 16.6. The van der Waals surface area contributed by atoms with E-state index in [1.807, 2.05) is 12.1 Å². The number of nitro groups is 1. The predicted molar refractivity (Wildman–Crippen MR) is 74.6 cm³/mol. The molecule has 0 N–H and O–H groups in total. The first-order valence-electron chi connectivity index (χ1n) is 6.83. The van der Waals surface area contributed by atoms with E-state index in [9.17, 15) is 14.9 Å². The fraction of sp³-hybridized carbons (Fsp3) is 0.533. The highest BCUT2D eigenvalue weighted by Gasteiger charge is 2.44. The lowest BCUT2D eigenvalue weighted by Gasteiger charge is -2.30. The molecule has 1 saturated carbocycles. The summed E-state index contributed by atoms with van der Waals surface area (Å²) in [7, 11) is 1.56. The van der Waals surface area contributed by atoms with Crippen molar-refractivity contribution in [3.8, 4) is 5.75 Å². The maximum atomic E-state index is 11.6. The van der Waals surface area contributed by atoms with Crippen molar-refractivity contribution in [2.24, 2.45) is 5.41 Å². The summed E-state index contributed by atoms with van der Waals surface area (Å²) in [6.07, 6.45) is 4.31. The molecule has 0 bridgehead atoms. The number of methoxy groups -OCH3 is 1. The van der Waals surface area contributed by atoms with E-state index in [1.54, 1.807) is 19.2 Å². The van der Waals surface area contributed by atoms with Crippen molar-refractivity contribution >= 4 is 6.29 Å². The number of benzene rings is 1. The molecule has 1 aromatic carbocycles. The molecule has 5 nitrogen and oxygen atoms in total. The van der Waals surface area contributed by atoms with Crippen LogP contribution >= 0.6 is 0 Å². The molecule has 1 aliphatic rings. The van der Waals surface area contributed by atoms with Crippen LogP contribution in [0.25, 0.3) is 0 Å². The summed E-state index contributed by atoms with van der Waals surface area (Å²) in [6.45, 7) is -0.216. The number of nitrogens with zero attached hydrogens (tertiary/aromatic N) is 1. The quantitative estimate of drug-likeness (QED) is 0.455. The molecule has 1 aromatic rings. The van der Waals surface area contributed by atoms with Crippen molar-refractivity contribution < 1.29 is 14.5 Å². The smallest absolute Gasteiger partial charge is 0.211 e. The van der Waals surface area contributed by atoms with E-state index in [2.05, 4.69) is 0 Å². The predicted octanol–water partition coefficient (Wildman–Crippen LogP) is 2.81. The molecule has 0 aromatic heterocycles. The fourth-order valence-corrected chi connectivity index (χ4v) is 3.21. The van der Waals surface area contributed by atoms with Crippen molar-refractivity contribution in [2.75, 3.05) is 13.7 Å². The number of carbonyl (C=O) groups is 1. The van der Waals surface area contributed by atoms with Gasteiger partial charge < -0.3 is 9.53 Å². The first kappa shape index (κ1) is 14.5. The van der Waals surface area contributed by atoms with Crippen molar-refractivity contribution in [3.05, 3.63) is 39.9 Å². The fourth-order valence-electron chi connectivity index (χ4n) is 3.21. The standard InChI is InChI=1S/C15H19NO4/c1-20-13-6-4-5-12(9-13)14(10-16(18)19)15(11-17)7-2-3-8-15/h4-6,9,11,14H,2-3,7-8,10H2,1H3/t14-/m0/s1. The van der Waals surface area contributed by atoms with E-state index in [-0.39, 0.29) is 17.4 Å². The monoisotopic (exact) mass is 277 g/mol. The normalized spacial score (nSPS) is 18.4. The van der Waals surface area contributed by atoms with Crippen LogP contribution in [0, 0.1) is 15.5 Å². The van der Waals surface area contributed by atoms with Gasteiger partial charge in [-0.25, -0.2) is 0 Å². The summed E-state index contributed by atoms with van der Waals surface area (Å²) >= 11 is 0. The second-order valence-corrected chi connectivity index (χ2v) is 5.40. The van der Waals surface area contributed by atoms with Crippen LogP contribution in [0.1, 0.15) is 37.2 Å².